The number of ether oxygens (including phenoxy) is 1. The number of anilines is 1. The third-order valence-electron chi connectivity index (χ3n) is 6.05. The number of carbonyl (C=O) groups is 2. The molecule has 0 radical (unpaired) electrons. The first-order valence-corrected chi connectivity index (χ1v) is 10.6. The molecule has 1 heterocycles. The largest absolute Gasteiger partial charge is 0.445 e. The van der Waals surface area contributed by atoms with E-state index in [0.717, 1.165) is 29.7 Å². The van der Waals surface area contributed by atoms with Crippen LogP contribution in [-0.2, 0) is 22.6 Å². The maximum absolute atomic E-state index is 13.1. The number of nitro groups is 1. The molecular formula is C23H25N3O5. The molecule has 1 fully saturated rings. The standard InChI is InChI=1S/C23H25N3O5/c27-22(25-13-12-18-14-20(26(29)30)10-11-21(18)25)17-6-8-19(9-7-17)24-23(28)31-15-16-4-2-1-3-5-16/h1-5,10-11,14,17,19H,6-9,12-13,15H2,(H,24,28). The molecular weight excluding hydrogens is 398 g/mol. The Morgan fingerprint density at radius 3 is 2.55 bits per heavy atom. The highest BCUT2D eigenvalue weighted by Crippen LogP contribution is 2.34. The molecule has 1 aliphatic carbocycles. The van der Waals surface area contributed by atoms with Crippen LogP contribution in [0.15, 0.2) is 48.5 Å². The molecule has 162 valence electrons. The number of nitro benzene ring substituents is 1. The number of carbonyl (C=O) groups excluding carboxylic acids is 2. The number of non-ortho nitro benzene ring substituents is 1. The molecule has 2 aromatic rings. The van der Waals surface area contributed by atoms with Gasteiger partial charge in [-0.2, -0.15) is 0 Å². The molecule has 8 nitrogen and oxygen atoms in total. The van der Waals surface area contributed by atoms with Crippen molar-refractivity contribution in [3.8, 4) is 0 Å². The number of alkyl carbamates (subject to hydrolysis) is 1. The average molecular weight is 423 g/mol. The summed E-state index contributed by atoms with van der Waals surface area (Å²) in [7, 11) is 0. The van der Waals surface area contributed by atoms with E-state index in [1.54, 1.807) is 17.0 Å². The highest BCUT2D eigenvalue weighted by atomic mass is 16.6. The second-order valence-electron chi connectivity index (χ2n) is 8.06. The average Bonchev–Trinajstić information content (AvgIpc) is 3.22. The summed E-state index contributed by atoms with van der Waals surface area (Å²) < 4.78 is 5.28. The zero-order chi connectivity index (χ0) is 21.8. The number of rotatable bonds is 5. The van der Waals surface area contributed by atoms with Crippen molar-refractivity contribution in [3.63, 3.8) is 0 Å². The van der Waals surface area contributed by atoms with Crippen LogP contribution in [0.3, 0.4) is 0 Å². The molecule has 1 saturated carbocycles. The Balaban J connectivity index is 1.26. The third-order valence-corrected chi connectivity index (χ3v) is 6.05. The molecule has 4 rings (SSSR count). The zero-order valence-electron chi connectivity index (χ0n) is 17.2. The van der Waals surface area contributed by atoms with Gasteiger partial charge in [-0.25, -0.2) is 4.79 Å². The van der Waals surface area contributed by atoms with Crippen molar-refractivity contribution in [2.75, 3.05) is 11.4 Å². The van der Waals surface area contributed by atoms with Crippen LogP contribution in [0, 0.1) is 16.0 Å². The van der Waals surface area contributed by atoms with Gasteiger partial charge in [0.2, 0.25) is 5.91 Å². The zero-order valence-corrected chi connectivity index (χ0v) is 17.2. The van der Waals surface area contributed by atoms with Gasteiger partial charge in [0.1, 0.15) is 6.61 Å². The number of fused-ring (bicyclic) bond motifs is 1. The summed E-state index contributed by atoms with van der Waals surface area (Å²) in [6, 6.07) is 14.2. The molecule has 1 aliphatic heterocycles. The lowest BCUT2D eigenvalue weighted by Crippen LogP contribution is -2.42. The Morgan fingerprint density at radius 2 is 1.84 bits per heavy atom. The lowest BCUT2D eigenvalue weighted by atomic mass is 9.85. The first-order valence-electron chi connectivity index (χ1n) is 10.6. The monoisotopic (exact) mass is 423 g/mol. The van der Waals surface area contributed by atoms with E-state index in [4.69, 9.17) is 4.74 Å². The van der Waals surface area contributed by atoms with E-state index in [1.165, 1.54) is 6.07 Å². The van der Waals surface area contributed by atoms with Crippen molar-refractivity contribution >= 4 is 23.4 Å². The third kappa shape index (κ3) is 4.84. The lowest BCUT2D eigenvalue weighted by Gasteiger charge is -2.31. The molecule has 0 bridgehead atoms. The molecule has 0 saturated heterocycles. The molecule has 8 heteroatoms. The van der Waals surface area contributed by atoms with Crippen molar-refractivity contribution in [2.45, 2.75) is 44.8 Å². The van der Waals surface area contributed by atoms with Gasteiger partial charge in [-0.15, -0.1) is 0 Å². The smallest absolute Gasteiger partial charge is 0.407 e. The molecule has 2 aromatic carbocycles. The van der Waals surface area contributed by atoms with Crippen molar-refractivity contribution < 1.29 is 19.2 Å². The lowest BCUT2D eigenvalue weighted by molar-refractivity contribution is -0.384. The quantitative estimate of drug-likeness (QED) is 0.579. The van der Waals surface area contributed by atoms with Crippen LogP contribution >= 0.6 is 0 Å². The molecule has 2 amide bonds. The van der Waals surface area contributed by atoms with E-state index in [9.17, 15) is 19.7 Å². The number of benzene rings is 2. The van der Waals surface area contributed by atoms with Gasteiger partial charge >= 0.3 is 6.09 Å². The minimum atomic E-state index is -0.436. The van der Waals surface area contributed by atoms with Gasteiger partial charge in [0.25, 0.3) is 5.69 Å². The summed E-state index contributed by atoms with van der Waals surface area (Å²) >= 11 is 0. The number of hydrogen-bond donors (Lipinski definition) is 1. The van der Waals surface area contributed by atoms with Crippen LogP contribution in [0.25, 0.3) is 0 Å². The first-order chi connectivity index (χ1) is 15.0. The maximum atomic E-state index is 13.1. The molecule has 0 aromatic heterocycles. The summed E-state index contributed by atoms with van der Waals surface area (Å²) in [4.78, 5) is 37.4. The molecule has 31 heavy (non-hydrogen) atoms. The van der Waals surface area contributed by atoms with Crippen LogP contribution in [0.5, 0.6) is 0 Å². The van der Waals surface area contributed by atoms with Crippen molar-refractivity contribution in [2.24, 2.45) is 5.92 Å². The van der Waals surface area contributed by atoms with Gasteiger partial charge in [-0.3, -0.25) is 14.9 Å². The number of hydrogen-bond acceptors (Lipinski definition) is 5. The Hall–Kier alpha value is -3.42. The molecule has 0 atom stereocenters. The minimum absolute atomic E-state index is 0.000775. The van der Waals surface area contributed by atoms with E-state index in [-0.39, 0.29) is 30.2 Å². The second kappa shape index (κ2) is 9.16. The highest BCUT2D eigenvalue weighted by molar-refractivity contribution is 5.97. The van der Waals surface area contributed by atoms with Crippen LogP contribution in [0.1, 0.15) is 36.8 Å². The minimum Gasteiger partial charge on any atom is -0.445 e. The highest BCUT2D eigenvalue weighted by Gasteiger charge is 2.34. The second-order valence-corrected chi connectivity index (χ2v) is 8.06. The molecule has 2 aliphatic rings. The fourth-order valence-corrected chi connectivity index (χ4v) is 4.37. The Bertz CT molecular complexity index is 970. The van der Waals surface area contributed by atoms with E-state index in [2.05, 4.69) is 5.32 Å². The van der Waals surface area contributed by atoms with Gasteiger partial charge in [0.15, 0.2) is 0 Å². The number of nitrogens with zero attached hydrogens (tertiary/aromatic N) is 2. The Morgan fingerprint density at radius 1 is 1.10 bits per heavy atom. The number of nitrogens with one attached hydrogen (secondary N) is 1. The van der Waals surface area contributed by atoms with Crippen LogP contribution in [-0.4, -0.2) is 29.5 Å². The first kappa shape index (κ1) is 20.8. The van der Waals surface area contributed by atoms with E-state index in [1.807, 2.05) is 30.3 Å². The maximum Gasteiger partial charge on any atom is 0.407 e. The van der Waals surface area contributed by atoms with Crippen LogP contribution in [0.4, 0.5) is 16.2 Å². The summed E-state index contributed by atoms with van der Waals surface area (Å²) in [5, 5.41) is 13.9. The normalized spacial score (nSPS) is 20.1. The van der Waals surface area contributed by atoms with Crippen molar-refractivity contribution in [1.29, 1.82) is 0 Å². The Labute approximate surface area is 180 Å². The number of amides is 2. The summed E-state index contributed by atoms with van der Waals surface area (Å²) in [6.07, 6.45) is 3.03. The summed E-state index contributed by atoms with van der Waals surface area (Å²) in [5.74, 6) is -0.0303. The van der Waals surface area contributed by atoms with Gasteiger partial charge in [0.05, 0.1) is 4.92 Å². The Kier molecular flexibility index (Phi) is 6.16. The van der Waals surface area contributed by atoms with Crippen molar-refractivity contribution in [3.05, 3.63) is 69.8 Å². The van der Waals surface area contributed by atoms with Gasteiger partial charge in [-0.05, 0) is 49.3 Å². The van der Waals surface area contributed by atoms with E-state index >= 15 is 0 Å². The molecule has 1 N–H and O–H groups in total. The predicted molar refractivity (Wildman–Crippen MR) is 115 cm³/mol. The van der Waals surface area contributed by atoms with Gasteiger partial charge in [-0.1, -0.05) is 30.3 Å². The fraction of sp³-hybridized carbons (Fsp3) is 0.391. The topological polar surface area (TPSA) is 102 Å². The summed E-state index contributed by atoms with van der Waals surface area (Å²) in [6.45, 7) is 0.784. The molecule has 0 unspecified atom stereocenters. The van der Waals surface area contributed by atoms with Gasteiger partial charge in [0, 0.05) is 36.3 Å². The van der Waals surface area contributed by atoms with Crippen LogP contribution < -0.4 is 10.2 Å². The van der Waals surface area contributed by atoms with E-state index in [0.29, 0.717) is 25.8 Å². The van der Waals surface area contributed by atoms with Gasteiger partial charge < -0.3 is 15.0 Å². The van der Waals surface area contributed by atoms with Crippen LogP contribution in [0.2, 0.25) is 0 Å². The molecule has 0 spiro atoms. The van der Waals surface area contributed by atoms with Crippen molar-refractivity contribution in [1.82, 2.24) is 5.32 Å². The predicted octanol–water partition coefficient (Wildman–Crippen LogP) is 3.97. The SMILES string of the molecule is O=C(NC1CCC(C(=O)N2CCc3cc([N+](=O)[O-])ccc32)CC1)OCc1ccccc1. The fourth-order valence-electron chi connectivity index (χ4n) is 4.37. The summed E-state index contributed by atoms with van der Waals surface area (Å²) in [5.41, 5.74) is 2.61. The van der Waals surface area contributed by atoms with E-state index < -0.39 is 11.0 Å².